The van der Waals surface area contributed by atoms with Gasteiger partial charge >= 0.3 is 0 Å². The molecule has 0 aliphatic heterocycles. The van der Waals surface area contributed by atoms with Gasteiger partial charge in [0.2, 0.25) is 0 Å². The monoisotopic (exact) mass is 159 g/mol. The maximum Gasteiger partial charge on any atom is 0.139 e. The Bertz CT molecular complexity index is 212. The highest BCUT2D eigenvalue weighted by atomic mass is 32.1. The van der Waals surface area contributed by atoms with Crippen molar-refractivity contribution >= 4 is 11.5 Å². The van der Waals surface area contributed by atoms with E-state index >= 15 is 0 Å². The van der Waals surface area contributed by atoms with E-state index in [0.717, 1.165) is 0 Å². The lowest BCUT2D eigenvalue weighted by Gasteiger charge is -1.99. The van der Waals surface area contributed by atoms with Gasteiger partial charge in [-0.1, -0.05) is 0 Å². The summed E-state index contributed by atoms with van der Waals surface area (Å²) in [5, 5.41) is 9.31. The van der Waals surface area contributed by atoms with Crippen LogP contribution in [-0.2, 0) is 0 Å². The second kappa shape index (κ2) is 3.05. The molecule has 1 aromatic rings. The molecule has 0 saturated heterocycles. The first kappa shape index (κ1) is 7.59. The summed E-state index contributed by atoms with van der Waals surface area (Å²) in [6.07, 6.45) is 0. The fraction of sp³-hybridized carbons (Fsp3) is 0.600. The molecule has 10 heavy (non-hydrogen) atoms. The number of hydrogen-bond acceptors (Lipinski definition) is 5. The Morgan fingerprint density at radius 1 is 1.80 bits per heavy atom. The van der Waals surface area contributed by atoms with Crippen LogP contribution in [0.3, 0.4) is 0 Å². The highest BCUT2D eigenvalue weighted by molar-refractivity contribution is 7.05. The SMILES string of the molecule is Cc1nsc(C(N)CO)n1. The number of nitrogens with zero attached hydrogens (tertiary/aromatic N) is 2. The zero-order valence-corrected chi connectivity index (χ0v) is 6.43. The third-order valence-electron chi connectivity index (χ3n) is 1.06. The minimum Gasteiger partial charge on any atom is -0.394 e. The van der Waals surface area contributed by atoms with Crippen LogP contribution in [0.1, 0.15) is 16.9 Å². The lowest BCUT2D eigenvalue weighted by atomic mass is 10.4. The predicted molar refractivity (Wildman–Crippen MR) is 38.7 cm³/mol. The van der Waals surface area contributed by atoms with Gasteiger partial charge in [-0.2, -0.15) is 4.37 Å². The molecule has 1 aromatic heterocycles. The number of aliphatic hydroxyl groups is 1. The summed E-state index contributed by atoms with van der Waals surface area (Å²) in [7, 11) is 0. The smallest absolute Gasteiger partial charge is 0.139 e. The molecule has 0 aliphatic rings. The fourth-order valence-electron chi connectivity index (χ4n) is 0.542. The van der Waals surface area contributed by atoms with E-state index in [1.165, 1.54) is 11.5 Å². The van der Waals surface area contributed by atoms with Gasteiger partial charge in [0.05, 0.1) is 12.6 Å². The third-order valence-corrected chi connectivity index (χ3v) is 1.99. The van der Waals surface area contributed by atoms with Crippen LogP contribution in [0.4, 0.5) is 0 Å². The van der Waals surface area contributed by atoms with Gasteiger partial charge in [0.25, 0.3) is 0 Å². The Labute approximate surface area is 62.9 Å². The van der Waals surface area contributed by atoms with E-state index in [2.05, 4.69) is 9.36 Å². The second-order valence-electron chi connectivity index (χ2n) is 1.97. The number of nitrogens with two attached hydrogens (primary N) is 1. The van der Waals surface area contributed by atoms with Crippen LogP contribution in [-0.4, -0.2) is 21.1 Å². The van der Waals surface area contributed by atoms with Crippen LogP contribution in [0, 0.1) is 6.92 Å². The van der Waals surface area contributed by atoms with E-state index in [4.69, 9.17) is 10.8 Å². The van der Waals surface area contributed by atoms with E-state index < -0.39 is 0 Å². The Kier molecular flexibility index (Phi) is 2.31. The molecule has 0 fully saturated rings. The summed E-state index contributed by atoms with van der Waals surface area (Å²) in [6, 6.07) is -0.369. The van der Waals surface area contributed by atoms with E-state index in [-0.39, 0.29) is 12.6 Å². The highest BCUT2D eigenvalue weighted by Gasteiger charge is 2.08. The van der Waals surface area contributed by atoms with Gasteiger partial charge in [-0.3, -0.25) is 0 Å². The average Bonchev–Trinajstić information content (AvgIpc) is 2.34. The maximum absolute atomic E-state index is 8.61. The summed E-state index contributed by atoms with van der Waals surface area (Å²) in [5.41, 5.74) is 5.47. The molecule has 0 bridgehead atoms. The zero-order valence-electron chi connectivity index (χ0n) is 5.61. The van der Waals surface area contributed by atoms with Gasteiger partial charge in [0.1, 0.15) is 10.8 Å². The van der Waals surface area contributed by atoms with Crippen molar-refractivity contribution in [2.45, 2.75) is 13.0 Å². The molecule has 0 spiro atoms. The molecule has 4 nitrogen and oxygen atoms in total. The molecule has 1 heterocycles. The van der Waals surface area contributed by atoms with Crippen molar-refractivity contribution in [2.24, 2.45) is 5.73 Å². The topological polar surface area (TPSA) is 72.0 Å². The quantitative estimate of drug-likeness (QED) is 0.629. The van der Waals surface area contributed by atoms with Crippen LogP contribution in [0.25, 0.3) is 0 Å². The van der Waals surface area contributed by atoms with E-state index in [0.29, 0.717) is 10.8 Å². The van der Waals surface area contributed by atoms with Gasteiger partial charge in [-0.05, 0) is 18.5 Å². The third kappa shape index (κ3) is 1.50. The van der Waals surface area contributed by atoms with E-state index in [9.17, 15) is 0 Å². The Morgan fingerprint density at radius 3 is 2.90 bits per heavy atom. The van der Waals surface area contributed by atoms with Gasteiger partial charge in [0.15, 0.2) is 0 Å². The Hall–Kier alpha value is -0.520. The second-order valence-corrected chi connectivity index (χ2v) is 2.75. The molecule has 0 radical (unpaired) electrons. The minimum absolute atomic E-state index is 0.0748. The standard InChI is InChI=1S/C5H9N3OS/c1-3-7-5(10-8-3)4(6)2-9/h4,9H,2,6H2,1H3. The molecule has 0 saturated carbocycles. The van der Waals surface area contributed by atoms with Crippen molar-refractivity contribution in [1.82, 2.24) is 9.36 Å². The van der Waals surface area contributed by atoms with Crippen molar-refractivity contribution in [3.63, 3.8) is 0 Å². The van der Waals surface area contributed by atoms with Crippen molar-refractivity contribution in [1.29, 1.82) is 0 Å². The lowest BCUT2D eigenvalue weighted by Crippen LogP contribution is -2.13. The molecule has 56 valence electrons. The molecule has 1 atom stereocenters. The van der Waals surface area contributed by atoms with Crippen LogP contribution in [0.5, 0.6) is 0 Å². The molecule has 3 N–H and O–H groups in total. The van der Waals surface area contributed by atoms with Gasteiger partial charge in [-0.25, -0.2) is 4.98 Å². The molecular weight excluding hydrogens is 150 g/mol. The summed E-state index contributed by atoms with van der Waals surface area (Å²) in [6.45, 7) is 1.72. The van der Waals surface area contributed by atoms with Crippen molar-refractivity contribution in [3.05, 3.63) is 10.8 Å². The van der Waals surface area contributed by atoms with E-state index in [1.807, 2.05) is 0 Å². The highest BCUT2D eigenvalue weighted by Crippen LogP contribution is 2.11. The van der Waals surface area contributed by atoms with E-state index in [1.54, 1.807) is 6.92 Å². The molecule has 1 rings (SSSR count). The van der Waals surface area contributed by atoms with Crippen LogP contribution >= 0.6 is 11.5 Å². The van der Waals surface area contributed by atoms with Crippen molar-refractivity contribution in [3.8, 4) is 0 Å². The number of rotatable bonds is 2. The first-order valence-corrected chi connectivity index (χ1v) is 3.68. The van der Waals surface area contributed by atoms with Crippen LogP contribution in [0.15, 0.2) is 0 Å². The van der Waals surface area contributed by atoms with Crippen LogP contribution in [0.2, 0.25) is 0 Å². The molecule has 0 aromatic carbocycles. The predicted octanol–water partition coefficient (Wildman–Crippen LogP) is -0.161. The minimum atomic E-state index is -0.369. The Balaban J connectivity index is 2.74. The molecule has 0 aliphatic carbocycles. The summed E-state index contributed by atoms with van der Waals surface area (Å²) in [4.78, 5) is 4.00. The van der Waals surface area contributed by atoms with Gasteiger partial charge in [-0.15, -0.1) is 0 Å². The lowest BCUT2D eigenvalue weighted by molar-refractivity contribution is 0.267. The number of aromatic nitrogens is 2. The number of aliphatic hydroxyl groups excluding tert-OH is 1. The first-order valence-electron chi connectivity index (χ1n) is 2.90. The van der Waals surface area contributed by atoms with Gasteiger partial charge in [0, 0.05) is 0 Å². The van der Waals surface area contributed by atoms with Crippen molar-refractivity contribution < 1.29 is 5.11 Å². The summed E-state index contributed by atoms with van der Waals surface area (Å²) < 4.78 is 3.93. The zero-order chi connectivity index (χ0) is 7.56. The van der Waals surface area contributed by atoms with Crippen molar-refractivity contribution in [2.75, 3.05) is 6.61 Å². The average molecular weight is 159 g/mol. The number of aryl methyl sites for hydroxylation is 1. The summed E-state index contributed by atoms with van der Waals surface area (Å²) >= 11 is 1.24. The molecule has 1 unspecified atom stereocenters. The maximum atomic E-state index is 8.61. The Morgan fingerprint density at radius 2 is 2.50 bits per heavy atom. The molecule has 5 heteroatoms. The first-order chi connectivity index (χ1) is 4.74. The largest absolute Gasteiger partial charge is 0.394 e. The molecule has 0 amide bonds. The fourth-order valence-corrected chi connectivity index (χ4v) is 1.19. The normalized spacial score (nSPS) is 13.5. The number of hydrogen-bond donors (Lipinski definition) is 2. The molecular formula is C5H9N3OS. The summed E-state index contributed by atoms with van der Waals surface area (Å²) in [5.74, 6) is 0.712. The van der Waals surface area contributed by atoms with Gasteiger partial charge < -0.3 is 10.8 Å². The van der Waals surface area contributed by atoms with Crippen LogP contribution < -0.4 is 5.73 Å².